The number of nitrogens with zero attached hydrogens (tertiary/aromatic N) is 1. The second kappa shape index (κ2) is 7.19. The fourth-order valence-corrected chi connectivity index (χ4v) is 2.51. The molecule has 6 heteroatoms. The first-order valence-corrected chi connectivity index (χ1v) is 7.57. The highest BCUT2D eigenvalue weighted by Gasteiger charge is 2.34. The molecule has 0 saturated heterocycles. The van der Waals surface area contributed by atoms with Crippen molar-refractivity contribution in [3.8, 4) is 0 Å². The summed E-state index contributed by atoms with van der Waals surface area (Å²) in [6.07, 6.45) is 3.69. The maximum atomic E-state index is 12.1. The van der Waals surface area contributed by atoms with Crippen molar-refractivity contribution in [3.05, 3.63) is 10.1 Å². The van der Waals surface area contributed by atoms with Crippen LogP contribution in [0.4, 0.5) is 0 Å². The Morgan fingerprint density at radius 2 is 1.78 bits per heavy atom. The largest absolute Gasteiger partial charge is 0.264 e. The fraction of sp³-hybridized carbons (Fsp3) is 1.00. The van der Waals surface area contributed by atoms with Crippen LogP contribution in [0.5, 0.6) is 0 Å². The molecule has 18 heavy (non-hydrogen) atoms. The van der Waals surface area contributed by atoms with Crippen LogP contribution in [0, 0.1) is 10.1 Å². The predicted octanol–water partition coefficient (Wildman–Crippen LogP) is 2.65. The van der Waals surface area contributed by atoms with Gasteiger partial charge in [-0.15, -0.1) is 0 Å². The molecule has 0 aliphatic rings. The quantitative estimate of drug-likeness (QED) is 0.421. The van der Waals surface area contributed by atoms with Crippen LogP contribution in [0.15, 0.2) is 0 Å². The van der Waals surface area contributed by atoms with Crippen molar-refractivity contribution in [1.29, 1.82) is 0 Å². The molecule has 0 bridgehead atoms. The molecular formula is C12H26N2O3S. The monoisotopic (exact) mass is 278 g/mol. The summed E-state index contributed by atoms with van der Waals surface area (Å²) in [5, 5.41) is 10.7. The van der Waals surface area contributed by atoms with Crippen molar-refractivity contribution in [2.24, 2.45) is 0 Å². The molecule has 0 unspecified atom stereocenters. The molecule has 0 heterocycles. The normalized spacial score (nSPS) is 17.2. The molecule has 0 amide bonds. The van der Waals surface area contributed by atoms with Gasteiger partial charge in [-0.2, -0.15) is 0 Å². The minimum atomic E-state index is -1.28. The van der Waals surface area contributed by atoms with Crippen LogP contribution in [0.3, 0.4) is 0 Å². The Hall–Kier alpha value is -0.490. The third-order valence-electron chi connectivity index (χ3n) is 2.71. The van der Waals surface area contributed by atoms with E-state index in [1.54, 1.807) is 6.92 Å². The van der Waals surface area contributed by atoms with Gasteiger partial charge in [-0.3, -0.25) is 10.1 Å². The van der Waals surface area contributed by atoms with Gasteiger partial charge in [0, 0.05) is 4.92 Å². The zero-order valence-corrected chi connectivity index (χ0v) is 12.9. The number of nitro groups is 1. The molecule has 5 nitrogen and oxygen atoms in total. The summed E-state index contributed by atoms with van der Waals surface area (Å²) in [7, 11) is -1.28. The molecule has 0 aliphatic carbocycles. The number of unbranched alkanes of at least 4 members (excludes halogenated alkanes) is 2. The molecule has 0 radical (unpaired) electrons. The second-order valence-corrected chi connectivity index (χ2v) is 7.96. The molecule has 0 rings (SSSR count). The Balaban J connectivity index is 4.65. The summed E-state index contributed by atoms with van der Waals surface area (Å²) < 4.78 is 14.6. The SMILES string of the molecule is CCCCC[C@](C)(C[N+](=O)[O-])N[S@@](=O)C(C)(C)C. The smallest absolute Gasteiger partial charge is 0.222 e. The van der Waals surface area contributed by atoms with Gasteiger partial charge in [0.15, 0.2) is 0 Å². The maximum absolute atomic E-state index is 12.1. The lowest BCUT2D eigenvalue weighted by atomic mass is 9.96. The van der Waals surface area contributed by atoms with E-state index in [0.29, 0.717) is 6.42 Å². The molecular weight excluding hydrogens is 252 g/mol. The van der Waals surface area contributed by atoms with E-state index in [9.17, 15) is 14.3 Å². The van der Waals surface area contributed by atoms with Crippen LogP contribution >= 0.6 is 0 Å². The lowest BCUT2D eigenvalue weighted by Crippen LogP contribution is -2.52. The van der Waals surface area contributed by atoms with Crippen LogP contribution < -0.4 is 4.72 Å². The van der Waals surface area contributed by atoms with Gasteiger partial charge in [-0.1, -0.05) is 26.2 Å². The standard InChI is InChI=1S/C12H26N2O3S/c1-6-7-8-9-12(5,10-14(15)16)13-18(17)11(2,3)4/h13H,6-10H2,1-5H3/t12-,18+/m1/s1. The molecule has 0 aromatic carbocycles. The Morgan fingerprint density at radius 3 is 2.17 bits per heavy atom. The summed E-state index contributed by atoms with van der Waals surface area (Å²) in [4.78, 5) is 10.4. The number of hydrogen-bond acceptors (Lipinski definition) is 3. The third-order valence-corrected chi connectivity index (χ3v) is 4.50. The molecule has 2 atom stereocenters. The molecule has 1 N–H and O–H groups in total. The molecule has 0 spiro atoms. The van der Waals surface area contributed by atoms with Crippen LogP contribution in [0.25, 0.3) is 0 Å². The Morgan fingerprint density at radius 1 is 1.22 bits per heavy atom. The molecule has 108 valence electrons. The summed E-state index contributed by atoms with van der Waals surface area (Å²) in [6.45, 7) is 9.25. The highest BCUT2D eigenvalue weighted by molar-refractivity contribution is 7.84. The maximum Gasteiger partial charge on any atom is 0.222 e. The van der Waals surface area contributed by atoms with E-state index < -0.39 is 21.3 Å². The van der Waals surface area contributed by atoms with Crippen molar-refractivity contribution in [2.45, 2.75) is 70.6 Å². The topological polar surface area (TPSA) is 72.2 Å². The lowest BCUT2D eigenvalue weighted by molar-refractivity contribution is -0.489. The molecule has 0 aromatic rings. The summed E-state index contributed by atoms with van der Waals surface area (Å²) in [5.74, 6) is 0. The first kappa shape index (κ1) is 17.5. The summed E-state index contributed by atoms with van der Waals surface area (Å²) >= 11 is 0. The first-order chi connectivity index (χ1) is 8.10. The zero-order valence-electron chi connectivity index (χ0n) is 12.1. The lowest BCUT2D eigenvalue weighted by Gasteiger charge is -2.30. The Kier molecular flexibility index (Phi) is 6.99. The van der Waals surface area contributed by atoms with Gasteiger partial charge in [0.05, 0.1) is 21.3 Å². The highest BCUT2D eigenvalue weighted by Crippen LogP contribution is 2.19. The molecule has 0 fully saturated rings. The van der Waals surface area contributed by atoms with Crippen LogP contribution in [0.2, 0.25) is 0 Å². The van der Waals surface area contributed by atoms with E-state index in [2.05, 4.69) is 11.6 Å². The average molecular weight is 278 g/mol. The second-order valence-electron chi connectivity index (χ2n) is 5.99. The van der Waals surface area contributed by atoms with Crippen molar-refractivity contribution in [2.75, 3.05) is 6.54 Å². The minimum Gasteiger partial charge on any atom is -0.264 e. The molecule has 0 aromatic heterocycles. The van der Waals surface area contributed by atoms with Gasteiger partial charge < -0.3 is 0 Å². The Bertz CT molecular complexity index is 302. The van der Waals surface area contributed by atoms with E-state index >= 15 is 0 Å². The molecule has 0 saturated carbocycles. The highest BCUT2D eigenvalue weighted by atomic mass is 32.2. The van der Waals surface area contributed by atoms with Crippen molar-refractivity contribution < 1.29 is 9.13 Å². The predicted molar refractivity (Wildman–Crippen MR) is 75.4 cm³/mol. The summed E-state index contributed by atoms with van der Waals surface area (Å²) in [6, 6.07) is 0. The third kappa shape index (κ3) is 7.06. The van der Waals surface area contributed by atoms with Gasteiger partial charge in [0.25, 0.3) is 0 Å². The van der Waals surface area contributed by atoms with E-state index in [1.165, 1.54) is 0 Å². The van der Waals surface area contributed by atoms with E-state index in [1.807, 2.05) is 20.8 Å². The van der Waals surface area contributed by atoms with Gasteiger partial charge in [-0.05, 0) is 34.1 Å². The average Bonchev–Trinajstić information content (AvgIpc) is 2.14. The van der Waals surface area contributed by atoms with E-state index in [-0.39, 0.29) is 11.5 Å². The zero-order chi connectivity index (χ0) is 14.4. The Labute approximate surface area is 112 Å². The van der Waals surface area contributed by atoms with E-state index in [0.717, 1.165) is 19.3 Å². The summed E-state index contributed by atoms with van der Waals surface area (Å²) in [5.41, 5.74) is -0.698. The van der Waals surface area contributed by atoms with Gasteiger partial charge in [0.2, 0.25) is 6.54 Å². The van der Waals surface area contributed by atoms with Crippen LogP contribution in [0.1, 0.15) is 60.3 Å². The number of nitrogens with one attached hydrogen (secondary N) is 1. The van der Waals surface area contributed by atoms with Crippen LogP contribution in [-0.4, -0.2) is 26.0 Å². The molecule has 0 aliphatic heterocycles. The van der Waals surface area contributed by atoms with E-state index in [4.69, 9.17) is 0 Å². The van der Waals surface area contributed by atoms with Crippen molar-refractivity contribution >= 4 is 11.0 Å². The van der Waals surface area contributed by atoms with Crippen molar-refractivity contribution in [3.63, 3.8) is 0 Å². The van der Waals surface area contributed by atoms with Gasteiger partial charge in [-0.25, -0.2) is 8.93 Å². The fourth-order valence-electron chi connectivity index (χ4n) is 1.59. The first-order valence-electron chi connectivity index (χ1n) is 6.42. The van der Waals surface area contributed by atoms with Crippen LogP contribution in [-0.2, 0) is 11.0 Å². The van der Waals surface area contributed by atoms with Gasteiger partial charge in [0.1, 0.15) is 0 Å². The van der Waals surface area contributed by atoms with Crippen molar-refractivity contribution in [1.82, 2.24) is 4.72 Å². The number of hydrogen-bond donors (Lipinski definition) is 1. The number of rotatable bonds is 8. The van der Waals surface area contributed by atoms with Gasteiger partial charge >= 0.3 is 0 Å². The minimum absolute atomic E-state index is 0.196.